The van der Waals surface area contributed by atoms with E-state index in [4.69, 9.17) is 9.68 Å². The average Bonchev–Trinajstić information content (AvgIpc) is 2.97. The van der Waals surface area contributed by atoms with E-state index in [0.29, 0.717) is 23.4 Å². The SMILES string of the molecule is CC(=O)N(C(=O)c1ccc2c(c1)CON(C)OC2)c1ccc(C)c(N2C(=O)C=CC2=O)c1. The molecule has 0 saturated carbocycles. The Labute approximate surface area is 184 Å². The van der Waals surface area contributed by atoms with Crippen molar-refractivity contribution in [2.24, 2.45) is 0 Å². The summed E-state index contributed by atoms with van der Waals surface area (Å²) >= 11 is 0. The predicted molar refractivity (Wildman–Crippen MR) is 114 cm³/mol. The first kappa shape index (κ1) is 21.6. The summed E-state index contributed by atoms with van der Waals surface area (Å²) in [6.45, 7) is 3.53. The Morgan fingerprint density at radius 1 is 0.938 bits per heavy atom. The smallest absolute Gasteiger partial charge is 0.265 e. The number of fused-ring (bicyclic) bond motifs is 1. The lowest BCUT2D eigenvalue weighted by atomic mass is 10.0. The van der Waals surface area contributed by atoms with Gasteiger partial charge >= 0.3 is 0 Å². The number of hydroxylamine groups is 2. The van der Waals surface area contributed by atoms with Crippen LogP contribution in [0.2, 0.25) is 0 Å². The molecule has 0 radical (unpaired) electrons. The van der Waals surface area contributed by atoms with Gasteiger partial charge in [0.2, 0.25) is 5.91 Å². The number of carbonyl (C=O) groups is 4. The first-order chi connectivity index (χ1) is 15.3. The van der Waals surface area contributed by atoms with Gasteiger partial charge in [0, 0.05) is 31.7 Å². The Bertz CT molecular complexity index is 1150. The summed E-state index contributed by atoms with van der Waals surface area (Å²) in [6.07, 6.45) is 2.36. The van der Waals surface area contributed by atoms with E-state index in [0.717, 1.165) is 20.9 Å². The van der Waals surface area contributed by atoms with Crippen LogP contribution in [0, 0.1) is 6.92 Å². The molecule has 4 amide bonds. The predicted octanol–water partition coefficient (Wildman–Crippen LogP) is 2.43. The molecule has 164 valence electrons. The van der Waals surface area contributed by atoms with Crippen LogP contribution in [0.3, 0.4) is 0 Å². The van der Waals surface area contributed by atoms with Crippen molar-refractivity contribution in [1.82, 2.24) is 5.23 Å². The molecule has 2 aliphatic heterocycles. The third-order valence-electron chi connectivity index (χ3n) is 5.28. The van der Waals surface area contributed by atoms with Crippen LogP contribution < -0.4 is 9.80 Å². The van der Waals surface area contributed by atoms with Crippen LogP contribution in [-0.4, -0.2) is 35.9 Å². The lowest BCUT2D eigenvalue weighted by Crippen LogP contribution is -2.36. The first-order valence-electron chi connectivity index (χ1n) is 9.89. The van der Waals surface area contributed by atoms with Crippen molar-refractivity contribution in [3.63, 3.8) is 0 Å². The molecule has 0 saturated heterocycles. The van der Waals surface area contributed by atoms with E-state index in [-0.39, 0.29) is 12.3 Å². The second kappa shape index (κ2) is 8.46. The minimum absolute atomic E-state index is 0.216. The third kappa shape index (κ3) is 3.96. The van der Waals surface area contributed by atoms with Crippen LogP contribution in [0.5, 0.6) is 0 Å². The highest BCUT2D eigenvalue weighted by Gasteiger charge is 2.29. The molecule has 2 heterocycles. The number of aryl methyl sites for hydroxylation is 1. The van der Waals surface area contributed by atoms with Crippen molar-refractivity contribution in [3.8, 4) is 0 Å². The Hall–Kier alpha value is -3.66. The quantitative estimate of drug-likeness (QED) is 0.683. The molecule has 2 aliphatic rings. The lowest BCUT2D eigenvalue weighted by molar-refractivity contribution is -0.360. The van der Waals surface area contributed by atoms with Crippen molar-refractivity contribution in [1.29, 1.82) is 0 Å². The minimum atomic E-state index is -0.536. The Morgan fingerprint density at radius 3 is 2.25 bits per heavy atom. The average molecular weight is 435 g/mol. The molecule has 2 aromatic carbocycles. The van der Waals surface area contributed by atoms with Gasteiger partial charge < -0.3 is 0 Å². The molecule has 0 aliphatic carbocycles. The minimum Gasteiger partial charge on any atom is -0.274 e. The number of imide groups is 2. The van der Waals surface area contributed by atoms with Crippen LogP contribution >= 0.6 is 0 Å². The summed E-state index contributed by atoms with van der Waals surface area (Å²) in [7, 11) is 1.63. The monoisotopic (exact) mass is 435 g/mol. The number of anilines is 2. The molecular formula is C23H21N3O6. The van der Waals surface area contributed by atoms with Gasteiger partial charge in [-0.15, -0.1) is 0 Å². The first-order valence-corrected chi connectivity index (χ1v) is 9.89. The Morgan fingerprint density at radius 2 is 1.59 bits per heavy atom. The van der Waals surface area contributed by atoms with Gasteiger partial charge in [-0.05, 0) is 47.9 Å². The second-order valence-electron chi connectivity index (χ2n) is 7.45. The number of rotatable bonds is 3. The summed E-state index contributed by atoms with van der Waals surface area (Å²) in [5.74, 6) is -2.00. The molecule has 2 aromatic rings. The van der Waals surface area contributed by atoms with E-state index >= 15 is 0 Å². The number of amides is 4. The summed E-state index contributed by atoms with van der Waals surface area (Å²) < 4.78 is 0. The van der Waals surface area contributed by atoms with Crippen LogP contribution in [0.15, 0.2) is 48.6 Å². The van der Waals surface area contributed by atoms with Gasteiger partial charge in [0.25, 0.3) is 17.7 Å². The summed E-state index contributed by atoms with van der Waals surface area (Å²) in [4.78, 5) is 62.9. The van der Waals surface area contributed by atoms with E-state index < -0.39 is 23.6 Å². The Kier molecular flexibility index (Phi) is 5.70. The molecule has 0 bridgehead atoms. The molecule has 9 nitrogen and oxygen atoms in total. The molecule has 32 heavy (non-hydrogen) atoms. The van der Waals surface area contributed by atoms with Crippen LogP contribution in [-0.2, 0) is 37.3 Å². The molecule has 0 aromatic heterocycles. The van der Waals surface area contributed by atoms with Crippen molar-refractivity contribution >= 4 is 35.0 Å². The molecule has 0 atom stereocenters. The van der Waals surface area contributed by atoms with E-state index in [1.807, 2.05) is 0 Å². The van der Waals surface area contributed by atoms with Gasteiger partial charge in [0.05, 0.1) is 24.6 Å². The summed E-state index contributed by atoms with van der Waals surface area (Å²) in [5, 5.41) is 1.26. The highest BCUT2D eigenvalue weighted by atomic mass is 16.9. The van der Waals surface area contributed by atoms with Gasteiger partial charge in [0.1, 0.15) is 0 Å². The zero-order chi connectivity index (χ0) is 23.0. The third-order valence-corrected chi connectivity index (χ3v) is 5.28. The fourth-order valence-electron chi connectivity index (χ4n) is 3.58. The molecule has 0 fully saturated rings. The van der Waals surface area contributed by atoms with E-state index in [2.05, 4.69) is 0 Å². The highest BCUT2D eigenvalue weighted by Crippen LogP contribution is 2.30. The number of hydrogen-bond donors (Lipinski definition) is 0. The van der Waals surface area contributed by atoms with Gasteiger partial charge in [-0.2, -0.15) is 0 Å². The van der Waals surface area contributed by atoms with Gasteiger partial charge in [-0.25, -0.2) is 9.80 Å². The summed E-state index contributed by atoms with van der Waals surface area (Å²) in [5.41, 5.74) is 3.16. The second-order valence-corrected chi connectivity index (χ2v) is 7.45. The maximum atomic E-state index is 13.3. The fraction of sp³-hybridized carbons (Fsp3) is 0.217. The molecular weight excluding hydrogens is 414 g/mol. The maximum Gasteiger partial charge on any atom is 0.265 e. The van der Waals surface area contributed by atoms with Gasteiger partial charge in [-0.1, -0.05) is 17.4 Å². The van der Waals surface area contributed by atoms with Crippen molar-refractivity contribution in [2.75, 3.05) is 16.8 Å². The molecule has 0 spiro atoms. The van der Waals surface area contributed by atoms with E-state index in [1.165, 1.54) is 30.4 Å². The largest absolute Gasteiger partial charge is 0.274 e. The molecule has 0 unspecified atom stereocenters. The van der Waals surface area contributed by atoms with Gasteiger partial charge in [0.15, 0.2) is 0 Å². The highest BCUT2D eigenvalue weighted by molar-refractivity contribution is 6.29. The van der Waals surface area contributed by atoms with Crippen LogP contribution in [0.1, 0.15) is 34.0 Å². The van der Waals surface area contributed by atoms with Crippen molar-refractivity contribution in [2.45, 2.75) is 27.1 Å². The van der Waals surface area contributed by atoms with E-state index in [9.17, 15) is 19.2 Å². The zero-order valence-corrected chi connectivity index (χ0v) is 17.8. The number of nitrogens with zero attached hydrogens (tertiary/aromatic N) is 3. The normalized spacial score (nSPS) is 16.2. The standard InChI is InChI=1S/C23H21N3O6/c1-14-4-7-19(11-20(14)26-21(28)8-9-22(26)29)25(15(2)27)23(30)16-5-6-17-12-31-24(3)32-13-18(17)10-16/h4-11H,12-13H2,1-3H3. The number of benzene rings is 2. The topological polar surface area (TPSA) is 96.5 Å². The van der Waals surface area contributed by atoms with Crippen LogP contribution in [0.4, 0.5) is 11.4 Å². The van der Waals surface area contributed by atoms with Crippen molar-refractivity contribution < 1.29 is 28.9 Å². The maximum absolute atomic E-state index is 13.3. The lowest BCUT2D eigenvalue weighted by Gasteiger charge is -2.23. The molecule has 0 N–H and O–H groups in total. The van der Waals surface area contributed by atoms with Gasteiger partial charge in [-0.3, -0.25) is 28.9 Å². The number of hydrogen-bond acceptors (Lipinski definition) is 7. The number of carbonyl (C=O) groups excluding carboxylic acids is 4. The molecule has 4 rings (SSSR count). The Balaban J connectivity index is 1.70. The summed E-state index contributed by atoms with van der Waals surface area (Å²) in [6, 6.07) is 9.81. The fourth-order valence-corrected chi connectivity index (χ4v) is 3.58. The van der Waals surface area contributed by atoms with E-state index in [1.54, 1.807) is 44.3 Å². The van der Waals surface area contributed by atoms with Crippen LogP contribution in [0.25, 0.3) is 0 Å². The molecule has 9 heteroatoms. The zero-order valence-electron chi connectivity index (χ0n) is 17.8. The van der Waals surface area contributed by atoms with Crippen molar-refractivity contribution in [3.05, 3.63) is 70.8 Å².